The molecule has 3 rings (SSSR count). The second kappa shape index (κ2) is 9.33. The predicted molar refractivity (Wildman–Crippen MR) is 120 cm³/mol. The lowest BCUT2D eigenvalue weighted by molar-refractivity contribution is -0.132. The zero-order valence-electron chi connectivity index (χ0n) is 16.6. The fourth-order valence-electron chi connectivity index (χ4n) is 3.43. The van der Waals surface area contributed by atoms with Crippen LogP contribution in [0.1, 0.15) is 26.7 Å². The highest BCUT2D eigenvalue weighted by atomic mass is 35.5. The number of nitrogen functional groups attached to an aromatic ring is 1. The molecule has 1 saturated heterocycles. The van der Waals surface area contributed by atoms with Gasteiger partial charge in [-0.15, -0.1) is 10.2 Å². The minimum absolute atomic E-state index is 0.0121. The summed E-state index contributed by atoms with van der Waals surface area (Å²) < 4.78 is 25.0. The summed E-state index contributed by atoms with van der Waals surface area (Å²) in [6.45, 7) is 3.90. The number of nitrogens with zero attached hydrogens (tertiary/aromatic N) is 4. The van der Waals surface area contributed by atoms with E-state index >= 15 is 0 Å². The zero-order valence-corrected chi connectivity index (χ0v) is 19.7. The van der Waals surface area contributed by atoms with Gasteiger partial charge >= 0.3 is 0 Å². The molecular weight excluding hydrogens is 469 g/mol. The van der Waals surface area contributed by atoms with E-state index in [2.05, 4.69) is 10.2 Å². The molecule has 1 aromatic carbocycles. The van der Waals surface area contributed by atoms with Gasteiger partial charge in [0.1, 0.15) is 0 Å². The fraction of sp³-hybridized carbons (Fsp3) is 0.500. The molecule has 1 aromatic heterocycles. The third-order valence-corrected chi connectivity index (χ3v) is 8.36. The molecule has 2 unspecified atom stereocenters. The number of rotatable bonds is 7. The summed E-state index contributed by atoms with van der Waals surface area (Å²) in [6.07, 6.45) is 1.20. The summed E-state index contributed by atoms with van der Waals surface area (Å²) in [4.78, 5) is 14.7. The lowest BCUT2D eigenvalue weighted by Gasteiger charge is -2.33. The van der Waals surface area contributed by atoms with E-state index in [1.54, 1.807) is 23.1 Å². The molecule has 1 amide bonds. The molecule has 0 bridgehead atoms. The average Bonchev–Trinajstić information content (AvgIpc) is 3.23. The highest BCUT2D eigenvalue weighted by Gasteiger charge is 2.36. The van der Waals surface area contributed by atoms with Crippen LogP contribution in [0.4, 0.5) is 0 Å². The minimum atomic E-state index is -3.09. The van der Waals surface area contributed by atoms with Gasteiger partial charge in [0.05, 0.1) is 22.3 Å². The van der Waals surface area contributed by atoms with Crippen molar-refractivity contribution in [3.63, 3.8) is 0 Å². The van der Waals surface area contributed by atoms with Gasteiger partial charge in [0, 0.05) is 22.7 Å². The minimum Gasteiger partial charge on any atom is -0.335 e. The first-order valence-corrected chi connectivity index (χ1v) is 13.0. The molecule has 164 valence electrons. The molecule has 2 aromatic rings. The SMILES string of the molecule is CCC(C)N(C(=O)CSc1nnc(-c2cc(Cl)ccc2Cl)n1N)C1CCS(=O)(=O)C1. The van der Waals surface area contributed by atoms with E-state index in [4.69, 9.17) is 29.0 Å². The van der Waals surface area contributed by atoms with Crippen molar-refractivity contribution in [1.82, 2.24) is 19.8 Å². The summed E-state index contributed by atoms with van der Waals surface area (Å²) in [6, 6.07) is 4.58. The van der Waals surface area contributed by atoms with Crippen molar-refractivity contribution in [3.8, 4) is 11.4 Å². The predicted octanol–water partition coefficient (Wildman–Crippen LogP) is 2.87. The van der Waals surface area contributed by atoms with Crippen LogP contribution in [0, 0.1) is 0 Å². The van der Waals surface area contributed by atoms with Crippen LogP contribution >= 0.6 is 35.0 Å². The Morgan fingerprint density at radius 1 is 1.40 bits per heavy atom. The number of nitrogens with two attached hydrogens (primary N) is 1. The Hall–Kier alpha value is -1.49. The lowest BCUT2D eigenvalue weighted by atomic mass is 10.1. The molecule has 0 radical (unpaired) electrons. The number of thioether (sulfide) groups is 1. The standard InChI is InChI=1S/C18H23Cl2N5O3S2/c1-3-11(2)24(13-6-7-30(27,28)10-13)16(26)9-29-18-23-22-17(25(18)21)14-8-12(19)4-5-15(14)20/h4-5,8,11,13H,3,6-7,9-10,21H2,1-2H3. The maximum atomic E-state index is 13.0. The van der Waals surface area contributed by atoms with E-state index in [0.29, 0.717) is 33.0 Å². The van der Waals surface area contributed by atoms with Gasteiger partial charge in [0.15, 0.2) is 15.7 Å². The van der Waals surface area contributed by atoms with Crippen LogP contribution in [0.2, 0.25) is 10.0 Å². The number of benzene rings is 1. The molecule has 2 heterocycles. The summed E-state index contributed by atoms with van der Waals surface area (Å²) >= 11 is 13.4. The van der Waals surface area contributed by atoms with Crippen LogP contribution in [-0.2, 0) is 14.6 Å². The van der Waals surface area contributed by atoms with Gasteiger partial charge in [0.2, 0.25) is 11.1 Å². The molecular formula is C18H23Cl2N5O3S2. The van der Waals surface area contributed by atoms with E-state index < -0.39 is 9.84 Å². The second-order valence-corrected chi connectivity index (χ2v) is 11.2. The Kier molecular flexibility index (Phi) is 7.21. The Morgan fingerprint density at radius 3 is 2.77 bits per heavy atom. The smallest absolute Gasteiger partial charge is 0.233 e. The lowest BCUT2D eigenvalue weighted by Crippen LogP contribution is -2.47. The van der Waals surface area contributed by atoms with Crippen LogP contribution in [0.15, 0.2) is 23.4 Å². The monoisotopic (exact) mass is 491 g/mol. The number of carbonyl (C=O) groups is 1. The number of amides is 1. The van der Waals surface area contributed by atoms with Crippen LogP contribution < -0.4 is 5.84 Å². The van der Waals surface area contributed by atoms with Crippen molar-refractivity contribution in [1.29, 1.82) is 0 Å². The van der Waals surface area contributed by atoms with E-state index in [1.807, 2.05) is 13.8 Å². The first-order chi connectivity index (χ1) is 14.1. The van der Waals surface area contributed by atoms with Gasteiger partial charge in [-0.25, -0.2) is 13.1 Å². The van der Waals surface area contributed by atoms with Crippen LogP contribution in [0.25, 0.3) is 11.4 Å². The van der Waals surface area contributed by atoms with Crippen LogP contribution in [0.3, 0.4) is 0 Å². The molecule has 1 aliphatic rings. The average molecular weight is 492 g/mol. The van der Waals surface area contributed by atoms with Gasteiger partial charge in [-0.05, 0) is 38.0 Å². The van der Waals surface area contributed by atoms with Crippen molar-refractivity contribution < 1.29 is 13.2 Å². The Morgan fingerprint density at radius 2 is 2.13 bits per heavy atom. The number of sulfone groups is 1. The molecule has 12 heteroatoms. The van der Waals surface area contributed by atoms with Gasteiger partial charge < -0.3 is 10.7 Å². The van der Waals surface area contributed by atoms with Gasteiger partial charge in [-0.2, -0.15) is 0 Å². The molecule has 1 aliphatic heterocycles. The number of aromatic nitrogens is 3. The van der Waals surface area contributed by atoms with Gasteiger partial charge in [-0.1, -0.05) is 41.9 Å². The first kappa shape index (κ1) is 23.2. The van der Waals surface area contributed by atoms with E-state index in [-0.39, 0.29) is 35.2 Å². The summed E-state index contributed by atoms with van der Waals surface area (Å²) in [5, 5.41) is 9.40. The largest absolute Gasteiger partial charge is 0.335 e. The number of halogens is 2. The van der Waals surface area contributed by atoms with Crippen molar-refractivity contribution in [2.24, 2.45) is 0 Å². The molecule has 2 N–H and O–H groups in total. The summed E-state index contributed by atoms with van der Waals surface area (Å²) in [5.74, 6) is 6.50. The highest BCUT2D eigenvalue weighted by Crippen LogP contribution is 2.31. The number of carbonyl (C=O) groups excluding carboxylic acids is 1. The van der Waals surface area contributed by atoms with Crippen molar-refractivity contribution in [2.75, 3.05) is 23.1 Å². The molecule has 0 saturated carbocycles. The molecule has 1 fully saturated rings. The highest BCUT2D eigenvalue weighted by molar-refractivity contribution is 7.99. The normalized spacial score (nSPS) is 19.0. The molecule has 2 atom stereocenters. The van der Waals surface area contributed by atoms with Crippen LogP contribution in [-0.4, -0.2) is 63.4 Å². The maximum absolute atomic E-state index is 13.0. The van der Waals surface area contributed by atoms with Gasteiger partial charge in [-0.3, -0.25) is 4.79 Å². The number of hydrogen-bond donors (Lipinski definition) is 1. The first-order valence-electron chi connectivity index (χ1n) is 9.43. The zero-order chi connectivity index (χ0) is 22.1. The third kappa shape index (κ3) is 5.04. The third-order valence-electron chi connectivity index (χ3n) is 5.11. The molecule has 30 heavy (non-hydrogen) atoms. The van der Waals surface area contributed by atoms with Crippen molar-refractivity contribution in [3.05, 3.63) is 28.2 Å². The quantitative estimate of drug-likeness (QED) is 0.467. The summed E-state index contributed by atoms with van der Waals surface area (Å²) in [7, 11) is -3.09. The van der Waals surface area contributed by atoms with E-state index in [1.165, 1.54) is 4.68 Å². The summed E-state index contributed by atoms with van der Waals surface area (Å²) in [5.41, 5.74) is 0.537. The Bertz CT molecular complexity index is 1040. The fourth-order valence-corrected chi connectivity index (χ4v) is 6.24. The second-order valence-electron chi connectivity index (χ2n) is 7.20. The van der Waals surface area contributed by atoms with Gasteiger partial charge in [0.25, 0.3) is 0 Å². The number of hydrogen-bond acceptors (Lipinski definition) is 7. The molecule has 0 spiro atoms. The maximum Gasteiger partial charge on any atom is 0.233 e. The van der Waals surface area contributed by atoms with Crippen molar-refractivity contribution >= 4 is 50.7 Å². The molecule has 8 nitrogen and oxygen atoms in total. The Balaban J connectivity index is 1.75. The van der Waals surface area contributed by atoms with E-state index in [0.717, 1.165) is 18.2 Å². The Labute approximate surface area is 190 Å². The van der Waals surface area contributed by atoms with Crippen molar-refractivity contribution in [2.45, 2.75) is 43.9 Å². The van der Waals surface area contributed by atoms with E-state index in [9.17, 15) is 13.2 Å². The van der Waals surface area contributed by atoms with Crippen LogP contribution in [0.5, 0.6) is 0 Å². The molecule has 0 aliphatic carbocycles. The topological polar surface area (TPSA) is 111 Å².